The maximum Gasteiger partial charge on any atom is 0.395 e. The zero-order valence-electron chi connectivity index (χ0n) is 25.1. The molecule has 234 valence electrons. The van der Waals surface area contributed by atoms with Gasteiger partial charge in [0.05, 0.1) is 22.0 Å². The van der Waals surface area contributed by atoms with Gasteiger partial charge in [0, 0.05) is 42.7 Å². The molecule has 0 unspecified atom stereocenters. The number of aromatic nitrogens is 3. The Morgan fingerprint density at radius 2 is 1.77 bits per heavy atom. The van der Waals surface area contributed by atoms with Crippen LogP contribution >= 0.6 is 0 Å². The lowest BCUT2D eigenvalue weighted by Gasteiger charge is -2.30. The Hall–Kier alpha value is -3.77. The molecule has 2 aromatic carbocycles. The fraction of sp³-hybridized carbons (Fsp3) is 0.406. The van der Waals surface area contributed by atoms with E-state index in [1.807, 2.05) is 38.9 Å². The van der Waals surface area contributed by atoms with Crippen LogP contribution in [0.3, 0.4) is 0 Å². The number of aryl methyl sites for hydroxylation is 2. The van der Waals surface area contributed by atoms with Crippen LogP contribution in [0.1, 0.15) is 47.4 Å². The molecule has 2 aromatic heterocycles. The second kappa shape index (κ2) is 12.0. The summed E-state index contributed by atoms with van der Waals surface area (Å²) in [5, 5.41) is 7.78. The van der Waals surface area contributed by atoms with Crippen LogP contribution in [0, 0.1) is 19.3 Å². The summed E-state index contributed by atoms with van der Waals surface area (Å²) >= 11 is 0. The van der Waals surface area contributed by atoms with E-state index in [9.17, 15) is 26.4 Å². The normalized spacial score (nSPS) is 16.2. The lowest BCUT2D eigenvalue weighted by atomic mass is 9.80. The van der Waals surface area contributed by atoms with Crippen LogP contribution in [0.2, 0.25) is 0 Å². The number of pyridine rings is 1. The molecule has 8 nitrogen and oxygen atoms in total. The molecule has 0 spiro atoms. The highest BCUT2D eigenvalue weighted by atomic mass is 32.2. The minimum Gasteiger partial charge on any atom is -0.355 e. The van der Waals surface area contributed by atoms with Gasteiger partial charge in [-0.1, -0.05) is 29.8 Å². The van der Waals surface area contributed by atoms with Crippen LogP contribution in [0.5, 0.6) is 0 Å². The first-order valence-electron chi connectivity index (χ1n) is 14.4. The van der Waals surface area contributed by atoms with Gasteiger partial charge in [0.25, 0.3) is 10.0 Å². The standard InChI is InChI=1S/C32H36F3N5O3S/c1-21-7-10-26(11-8-21)44(42,43)40-29-12-9-23(22(2)27(29)20-38-40)16-25(39(3)4)19-37-30(41)17-28(24-6-5-15-36-18-24)31(13-14-31)32(33,34)35/h5-12,15,18,20,25,28H,13-14,16-17,19H2,1-4H3,(H,37,41)/t25-,28+/m0/s1. The molecule has 5 rings (SSSR count). The van der Waals surface area contributed by atoms with E-state index in [1.165, 1.54) is 12.4 Å². The molecule has 0 saturated heterocycles. The second-order valence-electron chi connectivity index (χ2n) is 11.9. The monoisotopic (exact) mass is 627 g/mol. The molecule has 1 fully saturated rings. The van der Waals surface area contributed by atoms with Crippen molar-refractivity contribution < 1.29 is 26.4 Å². The smallest absolute Gasteiger partial charge is 0.355 e. The van der Waals surface area contributed by atoms with Crippen LogP contribution in [-0.2, 0) is 21.2 Å². The highest BCUT2D eigenvalue weighted by Gasteiger charge is 2.67. The number of nitrogens with zero attached hydrogens (tertiary/aromatic N) is 4. The van der Waals surface area contributed by atoms with Crippen molar-refractivity contribution in [1.29, 1.82) is 0 Å². The Balaban J connectivity index is 1.31. The van der Waals surface area contributed by atoms with Crippen molar-refractivity contribution in [3.63, 3.8) is 0 Å². The predicted molar refractivity (Wildman–Crippen MR) is 162 cm³/mol. The summed E-state index contributed by atoms with van der Waals surface area (Å²) in [6.07, 6.45) is 0.266. The SMILES string of the molecule is Cc1ccc(S(=O)(=O)n2ncc3c(C)c(C[C@@H](CNC(=O)C[C@H](c4cccnc4)C4(C(F)(F)F)CC4)N(C)C)ccc32)cc1. The van der Waals surface area contributed by atoms with Crippen molar-refractivity contribution in [2.75, 3.05) is 20.6 Å². The summed E-state index contributed by atoms with van der Waals surface area (Å²) in [5.74, 6) is -1.46. The predicted octanol–water partition coefficient (Wildman–Crippen LogP) is 5.39. The molecular weight excluding hydrogens is 591 g/mol. The second-order valence-corrected chi connectivity index (χ2v) is 13.7. The van der Waals surface area contributed by atoms with E-state index >= 15 is 0 Å². The minimum absolute atomic E-state index is 0.00563. The highest BCUT2D eigenvalue weighted by molar-refractivity contribution is 7.90. The van der Waals surface area contributed by atoms with Crippen molar-refractivity contribution in [3.8, 4) is 0 Å². The Morgan fingerprint density at radius 1 is 1.07 bits per heavy atom. The first-order valence-corrected chi connectivity index (χ1v) is 15.9. The fourth-order valence-electron chi connectivity index (χ4n) is 5.84. The summed E-state index contributed by atoms with van der Waals surface area (Å²) in [7, 11) is -0.147. The number of hydrogen-bond donors (Lipinski definition) is 1. The maximum absolute atomic E-state index is 14.1. The van der Waals surface area contributed by atoms with Gasteiger partial charge in [-0.05, 0) is 88.2 Å². The number of carbonyl (C=O) groups excluding carboxylic acids is 1. The number of hydrogen-bond acceptors (Lipinski definition) is 6. The lowest BCUT2D eigenvalue weighted by molar-refractivity contribution is -0.194. The molecule has 4 aromatic rings. The lowest BCUT2D eigenvalue weighted by Crippen LogP contribution is -2.43. The molecule has 0 bridgehead atoms. The van der Waals surface area contributed by atoms with Crippen molar-refractivity contribution in [2.24, 2.45) is 5.41 Å². The van der Waals surface area contributed by atoms with E-state index < -0.39 is 33.4 Å². The third kappa shape index (κ3) is 6.10. The van der Waals surface area contributed by atoms with Gasteiger partial charge in [0.15, 0.2) is 0 Å². The van der Waals surface area contributed by atoms with Crippen LogP contribution in [0.15, 0.2) is 72.0 Å². The molecule has 12 heteroatoms. The molecule has 1 amide bonds. The first-order chi connectivity index (χ1) is 20.7. The summed E-state index contributed by atoms with van der Waals surface area (Å²) in [4.78, 5) is 19.2. The van der Waals surface area contributed by atoms with Gasteiger partial charge in [0.1, 0.15) is 0 Å². The molecule has 1 N–H and O–H groups in total. The third-order valence-electron chi connectivity index (χ3n) is 8.87. The minimum atomic E-state index is -4.41. The number of halogens is 3. The Bertz CT molecular complexity index is 1750. The number of rotatable bonds is 11. The van der Waals surface area contributed by atoms with E-state index in [0.29, 0.717) is 22.9 Å². The van der Waals surface area contributed by atoms with Crippen molar-refractivity contribution in [2.45, 2.75) is 62.6 Å². The Labute approximate surface area is 255 Å². The number of likely N-dealkylation sites (N-methyl/N-ethyl adjacent to an activating group) is 1. The molecule has 2 atom stereocenters. The van der Waals surface area contributed by atoms with Gasteiger partial charge in [-0.2, -0.15) is 30.8 Å². The number of amides is 1. The zero-order valence-corrected chi connectivity index (χ0v) is 25.9. The van der Waals surface area contributed by atoms with E-state index in [-0.39, 0.29) is 36.7 Å². The van der Waals surface area contributed by atoms with E-state index in [0.717, 1.165) is 20.8 Å². The van der Waals surface area contributed by atoms with Crippen LogP contribution in [0.4, 0.5) is 13.2 Å². The summed E-state index contributed by atoms with van der Waals surface area (Å²) in [6.45, 7) is 4.01. The highest BCUT2D eigenvalue weighted by Crippen LogP contribution is 2.66. The van der Waals surface area contributed by atoms with Gasteiger partial charge >= 0.3 is 6.18 Å². The van der Waals surface area contributed by atoms with Crippen LogP contribution in [-0.4, -0.2) is 66.3 Å². The van der Waals surface area contributed by atoms with Gasteiger partial charge in [-0.15, -0.1) is 0 Å². The summed E-state index contributed by atoms with van der Waals surface area (Å²) < 4.78 is 69.8. The fourth-order valence-corrected chi connectivity index (χ4v) is 7.11. The van der Waals surface area contributed by atoms with E-state index in [1.54, 1.807) is 48.7 Å². The molecule has 0 aliphatic heterocycles. The number of nitrogens with one attached hydrogen (secondary N) is 1. The first kappa shape index (κ1) is 31.6. The maximum atomic E-state index is 14.1. The third-order valence-corrected chi connectivity index (χ3v) is 10.5. The topological polar surface area (TPSA) is 97.2 Å². The van der Waals surface area contributed by atoms with Gasteiger partial charge in [-0.25, -0.2) is 0 Å². The number of alkyl halides is 3. The van der Waals surface area contributed by atoms with E-state index in [2.05, 4.69) is 15.4 Å². The zero-order chi connectivity index (χ0) is 31.9. The summed E-state index contributed by atoms with van der Waals surface area (Å²) in [5.41, 5.74) is 1.72. The molecule has 44 heavy (non-hydrogen) atoms. The van der Waals surface area contributed by atoms with E-state index in [4.69, 9.17) is 0 Å². The van der Waals surface area contributed by atoms with Gasteiger partial charge in [0.2, 0.25) is 5.91 Å². The van der Waals surface area contributed by atoms with Crippen molar-refractivity contribution in [1.82, 2.24) is 24.4 Å². The molecule has 0 radical (unpaired) electrons. The van der Waals surface area contributed by atoms with Gasteiger partial charge in [-0.3, -0.25) is 9.78 Å². The Morgan fingerprint density at radius 3 is 2.36 bits per heavy atom. The quantitative estimate of drug-likeness (QED) is 0.240. The van der Waals surface area contributed by atoms with Crippen molar-refractivity contribution in [3.05, 3.63) is 89.4 Å². The van der Waals surface area contributed by atoms with Crippen LogP contribution in [0.25, 0.3) is 10.9 Å². The molecular formula is C32H36F3N5O3S. The van der Waals surface area contributed by atoms with Gasteiger partial charge < -0.3 is 10.2 Å². The average Bonchev–Trinajstić information content (AvgIpc) is 3.68. The summed E-state index contributed by atoms with van der Waals surface area (Å²) in [6, 6.07) is 13.2. The molecule has 2 heterocycles. The molecule has 1 aliphatic rings. The molecule has 1 aliphatic carbocycles. The van der Waals surface area contributed by atoms with Crippen LogP contribution < -0.4 is 5.32 Å². The number of fused-ring (bicyclic) bond motifs is 1. The average molecular weight is 628 g/mol. The largest absolute Gasteiger partial charge is 0.395 e. The van der Waals surface area contributed by atoms with Crippen molar-refractivity contribution >= 4 is 26.8 Å². The Kier molecular flexibility index (Phi) is 8.60. The number of benzene rings is 2. The number of carbonyl (C=O) groups is 1. The molecule has 1 saturated carbocycles.